The van der Waals surface area contributed by atoms with E-state index in [1.807, 2.05) is 19.1 Å². The van der Waals surface area contributed by atoms with Gasteiger partial charge in [-0.15, -0.1) is 0 Å². The number of aryl methyl sites for hydroxylation is 2. The van der Waals surface area contributed by atoms with Crippen LogP contribution in [0, 0.1) is 12.8 Å². The number of amides is 1. The molecule has 1 atom stereocenters. The number of aromatic nitrogens is 3. The van der Waals surface area contributed by atoms with Crippen LogP contribution in [0.15, 0.2) is 47.7 Å². The van der Waals surface area contributed by atoms with Gasteiger partial charge in [-0.2, -0.15) is 0 Å². The predicted octanol–water partition coefficient (Wildman–Crippen LogP) is 2.52. The maximum Gasteiger partial charge on any atom is 0.260 e. The second-order valence-electron chi connectivity index (χ2n) is 6.89. The maximum atomic E-state index is 12.8. The van der Waals surface area contributed by atoms with Crippen molar-refractivity contribution in [2.45, 2.75) is 25.8 Å². The van der Waals surface area contributed by atoms with E-state index < -0.39 is 0 Å². The van der Waals surface area contributed by atoms with Gasteiger partial charge in [-0.25, -0.2) is 4.98 Å². The highest BCUT2D eigenvalue weighted by Crippen LogP contribution is 2.41. The molecule has 6 heteroatoms. The van der Waals surface area contributed by atoms with Crippen LogP contribution in [-0.4, -0.2) is 20.4 Å². The Morgan fingerprint density at radius 3 is 2.81 bits per heavy atom. The molecule has 0 aliphatic heterocycles. The number of nitrogens with one attached hydrogen (secondary N) is 1. The third-order valence-electron chi connectivity index (χ3n) is 4.91. The van der Waals surface area contributed by atoms with E-state index in [1.165, 1.54) is 10.9 Å². The van der Waals surface area contributed by atoms with Crippen LogP contribution in [0.4, 0.5) is 0 Å². The van der Waals surface area contributed by atoms with E-state index in [4.69, 9.17) is 0 Å². The number of carbonyl (C=O) groups is 1. The minimum Gasteiger partial charge on any atom is -0.343 e. The van der Waals surface area contributed by atoms with Crippen molar-refractivity contribution in [1.29, 1.82) is 0 Å². The van der Waals surface area contributed by atoms with Crippen LogP contribution in [0.1, 0.15) is 40.5 Å². The first-order valence-electron chi connectivity index (χ1n) is 8.72. The van der Waals surface area contributed by atoms with Crippen LogP contribution in [0.3, 0.4) is 0 Å². The highest BCUT2D eigenvalue weighted by atomic mass is 16.1. The number of pyridine rings is 1. The van der Waals surface area contributed by atoms with Crippen LogP contribution in [0.2, 0.25) is 0 Å². The van der Waals surface area contributed by atoms with E-state index in [-0.39, 0.29) is 17.5 Å². The average Bonchev–Trinajstić information content (AvgIpc) is 3.48. The number of rotatable bonds is 4. The van der Waals surface area contributed by atoms with Crippen molar-refractivity contribution < 1.29 is 4.79 Å². The Morgan fingerprint density at radius 2 is 2.08 bits per heavy atom. The molecule has 1 aliphatic rings. The van der Waals surface area contributed by atoms with Gasteiger partial charge in [0.05, 0.1) is 29.0 Å². The summed E-state index contributed by atoms with van der Waals surface area (Å²) in [6.07, 6.45) is 5.42. The molecule has 1 saturated carbocycles. The van der Waals surface area contributed by atoms with E-state index in [9.17, 15) is 9.59 Å². The summed E-state index contributed by atoms with van der Waals surface area (Å²) in [5.74, 6) is 0.259. The molecular formula is C20H20N4O2. The quantitative estimate of drug-likeness (QED) is 0.786. The Labute approximate surface area is 150 Å². The molecule has 0 saturated heterocycles. The molecule has 1 unspecified atom stereocenters. The normalized spacial score (nSPS) is 15.0. The van der Waals surface area contributed by atoms with Crippen LogP contribution in [0.25, 0.3) is 10.9 Å². The van der Waals surface area contributed by atoms with Crippen LogP contribution in [-0.2, 0) is 7.05 Å². The number of benzene rings is 1. The van der Waals surface area contributed by atoms with Gasteiger partial charge in [0, 0.05) is 18.8 Å². The molecule has 2 heterocycles. The molecule has 1 aromatic carbocycles. The van der Waals surface area contributed by atoms with E-state index in [2.05, 4.69) is 15.3 Å². The molecule has 1 N–H and O–H groups in total. The Balaban J connectivity index is 1.65. The van der Waals surface area contributed by atoms with Crippen molar-refractivity contribution in [1.82, 2.24) is 19.9 Å². The van der Waals surface area contributed by atoms with Gasteiger partial charge in [0.1, 0.15) is 0 Å². The summed E-state index contributed by atoms with van der Waals surface area (Å²) in [5, 5.41) is 3.64. The molecule has 132 valence electrons. The Morgan fingerprint density at radius 1 is 1.27 bits per heavy atom. The lowest BCUT2D eigenvalue weighted by Crippen LogP contribution is -2.31. The van der Waals surface area contributed by atoms with Gasteiger partial charge in [0.25, 0.3) is 11.5 Å². The Bertz CT molecular complexity index is 1050. The first-order chi connectivity index (χ1) is 12.5. The van der Waals surface area contributed by atoms with Crippen molar-refractivity contribution >= 4 is 16.8 Å². The molecule has 4 rings (SSSR count). The van der Waals surface area contributed by atoms with Gasteiger partial charge < -0.3 is 9.88 Å². The third kappa shape index (κ3) is 2.98. The van der Waals surface area contributed by atoms with Gasteiger partial charge >= 0.3 is 0 Å². The monoisotopic (exact) mass is 348 g/mol. The van der Waals surface area contributed by atoms with Crippen molar-refractivity contribution in [2.75, 3.05) is 0 Å². The van der Waals surface area contributed by atoms with E-state index >= 15 is 0 Å². The lowest BCUT2D eigenvalue weighted by molar-refractivity contribution is 0.0930. The topological polar surface area (TPSA) is 76.9 Å². The van der Waals surface area contributed by atoms with Gasteiger partial charge in [0.15, 0.2) is 0 Å². The van der Waals surface area contributed by atoms with Gasteiger partial charge in [0.2, 0.25) is 0 Å². The molecule has 0 bridgehead atoms. The van der Waals surface area contributed by atoms with Crippen molar-refractivity contribution in [3.8, 4) is 0 Å². The number of hydrogen-bond acceptors (Lipinski definition) is 4. The standard InChI is InChI=1S/C20H20N4O2/c1-12-4-3-9-21-17(12)18(13-5-6-13)23-19(25)14-7-8-15-16(10-14)22-11-24(2)20(15)26/h3-4,7-11,13,18H,5-6H2,1-2H3,(H,23,25). The Hall–Kier alpha value is -3.02. The molecule has 3 aromatic rings. The van der Waals surface area contributed by atoms with Crippen LogP contribution < -0.4 is 10.9 Å². The molecule has 1 amide bonds. The fraction of sp³-hybridized carbons (Fsp3) is 0.300. The Kier molecular flexibility index (Phi) is 4.03. The lowest BCUT2D eigenvalue weighted by atomic mass is 10.0. The molecule has 26 heavy (non-hydrogen) atoms. The first kappa shape index (κ1) is 16.4. The van der Waals surface area contributed by atoms with Crippen molar-refractivity contribution in [3.63, 3.8) is 0 Å². The molecule has 0 radical (unpaired) electrons. The second-order valence-corrected chi connectivity index (χ2v) is 6.89. The van der Waals surface area contributed by atoms with Crippen molar-refractivity contribution in [2.24, 2.45) is 13.0 Å². The maximum absolute atomic E-state index is 12.8. The fourth-order valence-corrected chi connectivity index (χ4v) is 3.24. The fourth-order valence-electron chi connectivity index (χ4n) is 3.24. The highest BCUT2D eigenvalue weighted by molar-refractivity contribution is 5.97. The number of nitrogens with zero attached hydrogens (tertiary/aromatic N) is 3. The van der Waals surface area contributed by atoms with Crippen LogP contribution in [0.5, 0.6) is 0 Å². The zero-order chi connectivity index (χ0) is 18.3. The summed E-state index contributed by atoms with van der Waals surface area (Å²) in [6.45, 7) is 2.01. The minimum absolute atomic E-state index is 0.0870. The summed E-state index contributed by atoms with van der Waals surface area (Å²) in [4.78, 5) is 33.7. The summed E-state index contributed by atoms with van der Waals surface area (Å²) >= 11 is 0. The van der Waals surface area contributed by atoms with Gasteiger partial charge in [-0.05, 0) is 55.5 Å². The lowest BCUT2D eigenvalue weighted by Gasteiger charge is -2.19. The van der Waals surface area contributed by atoms with Crippen molar-refractivity contribution in [3.05, 3.63) is 70.0 Å². The van der Waals surface area contributed by atoms with E-state index in [0.29, 0.717) is 22.4 Å². The van der Waals surface area contributed by atoms with Crippen LogP contribution >= 0.6 is 0 Å². The predicted molar refractivity (Wildman–Crippen MR) is 98.9 cm³/mol. The van der Waals surface area contributed by atoms with E-state index in [1.54, 1.807) is 31.4 Å². The zero-order valence-corrected chi connectivity index (χ0v) is 14.8. The largest absolute Gasteiger partial charge is 0.343 e. The first-order valence-corrected chi connectivity index (χ1v) is 8.72. The number of fused-ring (bicyclic) bond motifs is 1. The van der Waals surface area contributed by atoms with E-state index in [0.717, 1.165) is 24.1 Å². The molecule has 2 aromatic heterocycles. The van der Waals surface area contributed by atoms with Gasteiger partial charge in [-0.3, -0.25) is 14.6 Å². The number of carbonyl (C=O) groups excluding carboxylic acids is 1. The molecule has 6 nitrogen and oxygen atoms in total. The van der Waals surface area contributed by atoms with Gasteiger partial charge in [-0.1, -0.05) is 6.07 Å². The SMILES string of the molecule is Cc1cccnc1C(NC(=O)c1ccc2c(=O)n(C)cnc2c1)C1CC1. The minimum atomic E-state index is -0.170. The highest BCUT2D eigenvalue weighted by Gasteiger charge is 2.35. The average molecular weight is 348 g/mol. The molecule has 1 aliphatic carbocycles. The zero-order valence-electron chi connectivity index (χ0n) is 14.8. The molecule has 0 spiro atoms. The molecule has 1 fully saturated rings. The number of hydrogen-bond donors (Lipinski definition) is 1. The second kappa shape index (κ2) is 6.37. The summed E-state index contributed by atoms with van der Waals surface area (Å²) in [6, 6.07) is 8.84. The molecular weight excluding hydrogens is 328 g/mol. The smallest absolute Gasteiger partial charge is 0.260 e. The summed E-state index contributed by atoms with van der Waals surface area (Å²) in [7, 11) is 1.66. The summed E-state index contributed by atoms with van der Waals surface area (Å²) < 4.78 is 1.43. The third-order valence-corrected chi connectivity index (χ3v) is 4.91. The summed E-state index contributed by atoms with van der Waals surface area (Å²) in [5.41, 5.74) is 2.90.